The molecule has 1 aliphatic rings. The second kappa shape index (κ2) is 6.09. The van der Waals surface area contributed by atoms with Gasteiger partial charge in [-0.3, -0.25) is 9.59 Å². The number of piperazine rings is 1. The van der Waals surface area contributed by atoms with Crippen LogP contribution in [-0.4, -0.2) is 59.8 Å². The Morgan fingerprint density at radius 2 is 2.20 bits per heavy atom. The van der Waals surface area contributed by atoms with Crippen LogP contribution < -0.4 is 5.32 Å². The minimum atomic E-state index is -0.309. The first-order valence-electron chi connectivity index (χ1n) is 6.46. The minimum Gasteiger partial charge on any atom is -0.370 e. The third kappa shape index (κ3) is 3.01. The summed E-state index contributed by atoms with van der Waals surface area (Å²) in [5, 5.41) is 3.33. The van der Waals surface area contributed by atoms with Crippen molar-refractivity contribution < 1.29 is 9.59 Å². The summed E-state index contributed by atoms with van der Waals surface area (Å²) in [5.41, 5.74) is 0.183. The molecule has 2 rings (SSSR count). The molecule has 0 atom stereocenters. The van der Waals surface area contributed by atoms with E-state index in [1.807, 2.05) is 6.92 Å². The molecule has 1 aromatic heterocycles. The van der Waals surface area contributed by atoms with E-state index < -0.39 is 0 Å². The minimum absolute atomic E-state index is 0.0682. The van der Waals surface area contributed by atoms with Crippen LogP contribution in [-0.2, 0) is 4.79 Å². The standard InChI is InChI=1S/C13H17ClN4O2/c1-3-15-10-5-4-9(14)12(16-10)13(20)18-7-6-17(2)11(19)8-18/h4-5H,3,6-8H2,1-2H3,(H,15,16). The van der Waals surface area contributed by atoms with Gasteiger partial charge in [0.2, 0.25) is 5.91 Å². The normalized spacial score (nSPS) is 15.4. The lowest BCUT2D eigenvalue weighted by atomic mass is 10.2. The molecule has 108 valence electrons. The Morgan fingerprint density at radius 1 is 1.45 bits per heavy atom. The Bertz CT molecular complexity index is 535. The zero-order valence-corrected chi connectivity index (χ0v) is 12.3. The molecule has 7 heteroatoms. The van der Waals surface area contributed by atoms with E-state index in [1.165, 1.54) is 4.90 Å². The second-order valence-corrected chi connectivity index (χ2v) is 5.01. The molecule has 0 spiro atoms. The molecule has 20 heavy (non-hydrogen) atoms. The summed E-state index contributed by atoms with van der Waals surface area (Å²) in [6.45, 7) is 3.73. The fourth-order valence-corrected chi connectivity index (χ4v) is 2.14. The molecule has 0 aromatic carbocycles. The number of halogens is 1. The van der Waals surface area contributed by atoms with Gasteiger partial charge < -0.3 is 15.1 Å². The van der Waals surface area contributed by atoms with Crippen molar-refractivity contribution in [2.45, 2.75) is 6.92 Å². The Kier molecular flexibility index (Phi) is 4.44. The van der Waals surface area contributed by atoms with Crippen molar-refractivity contribution in [3.05, 3.63) is 22.8 Å². The molecule has 0 unspecified atom stereocenters. The number of likely N-dealkylation sites (N-methyl/N-ethyl adjacent to an activating group) is 1. The number of nitrogens with one attached hydrogen (secondary N) is 1. The maximum absolute atomic E-state index is 12.4. The molecular weight excluding hydrogens is 280 g/mol. The van der Waals surface area contributed by atoms with Gasteiger partial charge in [-0.1, -0.05) is 11.6 Å². The van der Waals surface area contributed by atoms with Crippen LogP contribution in [0.25, 0.3) is 0 Å². The van der Waals surface area contributed by atoms with Crippen LogP contribution in [0.15, 0.2) is 12.1 Å². The smallest absolute Gasteiger partial charge is 0.274 e. The van der Waals surface area contributed by atoms with Gasteiger partial charge in [-0.15, -0.1) is 0 Å². The highest BCUT2D eigenvalue weighted by molar-refractivity contribution is 6.33. The number of anilines is 1. The molecule has 1 saturated heterocycles. The predicted octanol–water partition coefficient (Wildman–Crippen LogP) is 1.08. The highest BCUT2D eigenvalue weighted by Gasteiger charge is 2.27. The number of carbonyl (C=O) groups is 2. The third-order valence-corrected chi connectivity index (χ3v) is 3.46. The summed E-state index contributed by atoms with van der Waals surface area (Å²) >= 11 is 6.04. The average molecular weight is 297 g/mol. The number of nitrogens with zero attached hydrogens (tertiary/aromatic N) is 3. The van der Waals surface area contributed by atoms with Crippen LogP contribution in [0.3, 0.4) is 0 Å². The highest BCUT2D eigenvalue weighted by Crippen LogP contribution is 2.19. The first kappa shape index (κ1) is 14.6. The number of pyridine rings is 1. The fraction of sp³-hybridized carbons (Fsp3) is 0.462. The van der Waals surface area contributed by atoms with Gasteiger partial charge in [0.15, 0.2) is 0 Å². The monoisotopic (exact) mass is 296 g/mol. The molecule has 0 saturated carbocycles. The van der Waals surface area contributed by atoms with Crippen LogP contribution in [0.5, 0.6) is 0 Å². The maximum atomic E-state index is 12.4. The first-order valence-corrected chi connectivity index (χ1v) is 6.84. The molecule has 0 radical (unpaired) electrons. The number of hydrogen-bond acceptors (Lipinski definition) is 4. The van der Waals surface area contributed by atoms with Gasteiger partial charge in [0.1, 0.15) is 18.1 Å². The second-order valence-electron chi connectivity index (χ2n) is 4.60. The zero-order chi connectivity index (χ0) is 14.7. The molecule has 6 nitrogen and oxygen atoms in total. The molecule has 0 bridgehead atoms. The summed E-state index contributed by atoms with van der Waals surface area (Å²) in [4.78, 5) is 31.4. The quantitative estimate of drug-likeness (QED) is 0.906. The number of aromatic nitrogens is 1. The Balaban J connectivity index is 2.20. The summed E-state index contributed by atoms with van der Waals surface area (Å²) in [6.07, 6.45) is 0. The van der Waals surface area contributed by atoms with Crippen molar-refractivity contribution in [1.82, 2.24) is 14.8 Å². The predicted molar refractivity (Wildman–Crippen MR) is 77.0 cm³/mol. The van der Waals surface area contributed by atoms with E-state index in [4.69, 9.17) is 11.6 Å². The van der Waals surface area contributed by atoms with Gasteiger partial charge in [0.25, 0.3) is 5.91 Å². The summed E-state index contributed by atoms with van der Waals surface area (Å²) in [5.74, 6) is 0.209. The Morgan fingerprint density at radius 3 is 2.85 bits per heavy atom. The van der Waals surface area contributed by atoms with Crippen molar-refractivity contribution in [1.29, 1.82) is 0 Å². The molecule has 0 aliphatic carbocycles. The Hall–Kier alpha value is -1.82. The summed E-state index contributed by atoms with van der Waals surface area (Å²) in [6, 6.07) is 3.36. The van der Waals surface area contributed by atoms with Crippen molar-refractivity contribution in [2.24, 2.45) is 0 Å². The van der Waals surface area contributed by atoms with Crippen LogP contribution in [0.2, 0.25) is 5.02 Å². The molecule has 2 heterocycles. The first-order chi connectivity index (χ1) is 9.52. The van der Waals surface area contributed by atoms with E-state index in [0.717, 1.165) is 0 Å². The van der Waals surface area contributed by atoms with Crippen molar-refractivity contribution in [2.75, 3.05) is 38.5 Å². The van der Waals surface area contributed by atoms with Gasteiger partial charge in [-0.2, -0.15) is 0 Å². The van der Waals surface area contributed by atoms with Crippen molar-refractivity contribution in [3.63, 3.8) is 0 Å². The van der Waals surface area contributed by atoms with Gasteiger partial charge in [-0.05, 0) is 19.1 Å². The molecular formula is C13H17ClN4O2. The number of carbonyl (C=O) groups excluding carboxylic acids is 2. The highest BCUT2D eigenvalue weighted by atomic mass is 35.5. The van der Waals surface area contributed by atoms with E-state index in [2.05, 4.69) is 10.3 Å². The topological polar surface area (TPSA) is 65.5 Å². The van der Waals surface area contributed by atoms with Crippen LogP contribution >= 0.6 is 11.6 Å². The SMILES string of the molecule is CCNc1ccc(Cl)c(C(=O)N2CCN(C)C(=O)C2)n1. The van der Waals surface area contributed by atoms with Crippen LogP contribution in [0.1, 0.15) is 17.4 Å². The van der Waals surface area contributed by atoms with Crippen LogP contribution in [0, 0.1) is 0 Å². The third-order valence-electron chi connectivity index (χ3n) is 3.15. The van der Waals surface area contributed by atoms with E-state index >= 15 is 0 Å². The lowest BCUT2D eigenvalue weighted by Gasteiger charge is -2.31. The lowest BCUT2D eigenvalue weighted by Crippen LogP contribution is -2.50. The van der Waals surface area contributed by atoms with E-state index in [1.54, 1.807) is 24.1 Å². The zero-order valence-electron chi connectivity index (χ0n) is 11.5. The summed E-state index contributed by atoms with van der Waals surface area (Å²) < 4.78 is 0. The van der Waals surface area contributed by atoms with Gasteiger partial charge in [-0.25, -0.2) is 4.98 Å². The lowest BCUT2D eigenvalue weighted by molar-refractivity contribution is -0.133. The molecule has 1 N–H and O–H groups in total. The number of rotatable bonds is 3. The van der Waals surface area contributed by atoms with Gasteiger partial charge in [0.05, 0.1) is 5.02 Å². The van der Waals surface area contributed by atoms with E-state index in [0.29, 0.717) is 30.5 Å². The van der Waals surface area contributed by atoms with E-state index in [9.17, 15) is 9.59 Å². The van der Waals surface area contributed by atoms with Crippen molar-refractivity contribution in [3.8, 4) is 0 Å². The van der Waals surface area contributed by atoms with E-state index in [-0.39, 0.29) is 24.1 Å². The maximum Gasteiger partial charge on any atom is 0.274 e. The number of hydrogen-bond donors (Lipinski definition) is 1. The summed E-state index contributed by atoms with van der Waals surface area (Å²) in [7, 11) is 1.72. The van der Waals surface area contributed by atoms with Crippen LogP contribution in [0.4, 0.5) is 5.82 Å². The molecule has 1 fully saturated rings. The molecule has 2 amide bonds. The largest absolute Gasteiger partial charge is 0.370 e. The van der Waals surface area contributed by atoms with Gasteiger partial charge in [0, 0.05) is 26.7 Å². The van der Waals surface area contributed by atoms with Gasteiger partial charge >= 0.3 is 0 Å². The fourth-order valence-electron chi connectivity index (χ4n) is 1.95. The average Bonchev–Trinajstić information content (AvgIpc) is 2.43. The molecule has 1 aromatic rings. The van der Waals surface area contributed by atoms with Crippen molar-refractivity contribution >= 4 is 29.2 Å². The number of amides is 2. The Labute approximate surface area is 122 Å². The molecule has 1 aliphatic heterocycles.